The number of aromatic nitrogens is 1. The highest BCUT2D eigenvalue weighted by atomic mass is 19.1. The maximum atomic E-state index is 15.3. The Hall–Kier alpha value is -5.36. The summed E-state index contributed by atoms with van der Waals surface area (Å²) in [5.41, 5.74) is 13.6. The maximum absolute atomic E-state index is 15.3. The zero-order valence-corrected chi connectivity index (χ0v) is 30.1. The number of amides is 1. The number of nitrogens with two attached hydrogens (primary N) is 2. The van der Waals surface area contributed by atoms with E-state index in [-0.39, 0.29) is 17.9 Å². The van der Waals surface area contributed by atoms with Crippen LogP contribution in [0.25, 0.3) is 10.9 Å². The zero-order chi connectivity index (χ0) is 38.6. The minimum Gasteiger partial charge on any atom is -0.477 e. The smallest absolute Gasteiger partial charge is 0.341 e. The van der Waals surface area contributed by atoms with Gasteiger partial charge in [0.05, 0.1) is 23.9 Å². The van der Waals surface area contributed by atoms with Gasteiger partial charge in [-0.2, -0.15) is 10.5 Å². The molecule has 1 aliphatic heterocycles. The number of carboxylic acids is 1. The van der Waals surface area contributed by atoms with Crippen molar-refractivity contribution in [1.29, 1.82) is 0 Å². The van der Waals surface area contributed by atoms with Gasteiger partial charge in [0.1, 0.15) is 17.4 Å². The van der Waals surface area contributed by atoms with Gasteiger partial charge in [-0.3, -0.25) is 25.7 Å². The second-order valence-corrected chi connectivity index (χ2v) is 13.0. The molecule has 16 heteroatoms. The lowest BCUT2D eigenvalue weighted by atomic mass is 10.0. The number of fused-ring (bicyclic) bond motifs is 1. The molecule has 0 radical (unpaired) electrons. The molecule has 0 saturated carbocycles. The second-order valence-electron chi connectivity index (χ2n) is 13.0. The highest BCUT2D eigenvalue weighted by Gasteiger charge is 2.23. The summed E-state index contributed by atoms with van der Waals surface area (Å²) in [6, 6.07) is 18.5. The summed E-state index contributed by atoms with van der Waals surface area (Å²) in [6.07, 6.45) is 4.39. The summed E-state index contributed by atoms with van der Waals surface area (Å²) in [4.78, 5) is 45.5. The lowest BCUT2D eigenvalue weighted by molar-refractivity contribution is -0.171. The van der Waals surface area contributed by atoms with Gasteiger partial charge in [-0.1, -0.05) is 42.5 Å². The molecule has 0 bridgehead atoms. The zero-order valence-electron chi connectivity index (χ0n) is 30.1. The third kappa shape index (κ3) is 10.2. The molecule has 5 rings (SSSR count). The molecule has 4 aromatic rings. The fraction of sp³-hybridized carbons (Fsp3) is 0.342. The number of hydrogen-bond acceptors (Lipinski definition) is 12. The molecule has 10 N–H and O–H groups in total. The molecular formula is C38H48FN9O6. The van der Waals surface area contributed by atoms with Gasteiger partial charge in [0.15, 0.2) is 0 Å². The molecule has 1 aromatic heterocycles. The van der Waals surface area contributed by atoms with Crippen LogP contribution in [-0.4, -0.2) is 76.6 Å². The van der Waals surface area contributed by atoms with Gasteiger partial charge in [0.2, 0.25) is 11.3 Å². The minimum absolute atomic E-state index is 0.0318. The number of halogens is 1. The first-order valence-corrected chi connectivity index (χ1v) is 17.8. The number of nitrogens with zero attached hydrogens (tertiary/aromatic N) is 3. The molecule has 2 atom stereocenters. The Bertz CT molecular complexity index is 1970. The largest absolute Gasteiger partial charge is 0.477 e. The topological polar surface area (TPSA) is 212 Å². The van der Waals surface area contributed by atoms with Crippen LogP contribution in [0.5, 0.6) is 0 Å². The highest BCUT2D eigenvalue weighted by molar-refractivity contribution is 5.95. The average molecular weight is 746 g/mol. The first-order valence-electron chi connectivity index (χ1n) is 17.8. The molecule has 2 heterocycles. The van der Waals surface area contributed by atoms with Gasteiger partial charge < -0.3 is 36.1 Å². The monoisotopic (exact) mass is 745 g/mol. The predicted molar refractivity (Wildman–Crippen MR) is 204 cm³/mol. The van der Waals surface area contributed by atoms with Gasteiger partial charge in [-0.15, -0.1) is 0 Å². The minimum atomic E-state index is -1.35. The van der Waals surface area contributed by atoms with Crippen molar-refractivity contribution >= 4 is 34.2 Å². The van der Waals surface area contributed by atoms with Crippen LogP contribution < -0.4 is 43.4 Å². The average Bonchev–Trinajstić information content (AvgIpc) is 3.18. The molecule has 0 unspecified atom stereocenters. The molecule has 1 amide bonds. The molecular weight excluding hydrogens is 697 g/mol. The van der Waals surface area contributed by atoms with Crippen LogP contribution in [0, 0.1) is 5.82 Å². The number of hydrogen-bond donors (Lipinski definition) is 8. The number of carboxylic acid groups (broad SMARTS) is 1. The van der Waals surface area contributed by atoms with Crippen LogP contribution in [0.4, 0.5) is 15.8 Å². The van der Waals surface area contributed by atoms with Gasteiger partial charge in [0.25, 0.3) is 0 Å². The van der Waals surface area contributed by atoms with Crippen molar-refractivity contribution in [3.05, 3.63) is 118 Å². The normalized spacial score (nSPS) is 14.9. The van der Waals surface area contributed by atoms with Crippen molar-refractivity contribution in [2.24, 2.45) is 11.6 Å². The van der Waals surface area contributed by atoms with Gasteiger partial charge in [0, 0.05) is 68.4 Å². The van der Waals surface area contributed by atoms with Crippen LogP contribution in [0.3, 0.4) is 0 Å². The summed E-state index contributed by atoms with van der Waals surface area (Å²) in [7, 11) is 0. The van der Waals surface area contributed by atoms with E-state index in [1.165, 1.54) is 6.20 Å². The van der Waals surface area contributed by atoms with Crippen molar-refractivity contribution < 1.29 is 29.1 Å². The Balaban J connectivity index is 1.14. The Labute approximate surface area is 312 Å². The molecule has 0 spiro atoms. The van der Waals surface area contributed by atoms with E-state index >= 15 is 4.39 Å². The SMILES string of the molecule is CCn1cc(C(=O)O)c(=O)c2cc(F)c(N3CCN(OCc4ccc(NC(=O)[C@H](CCCNN)N/C=C(\N)[C@H](Cc5ccccc5)NO)cc4)CC3)cc21. The van der Waals surface area contributed by atoms with Crippen molar-refractivity contribution in [2.75, 3.05) is 42.9 Å². The number of piperazine rings is 1. The summed E-state index contributed by atoms with van der Waals surface area (Å²) < 4.78 is 16.9. The standard InChI is InChI=1S/C38H48FN9O6/c1-2-46-23-29(38(51)52)36(49)28-20-30(39)35(21-34(28)46)47-15-17-48(18-16-47)54-24-26-10-12-27(13-11-26)44-37(50)32(9-6-14-43-41)42-22-31(40)33(45-53)19-25-7-4-3-5-8-25/h3-5,7-8,10-13,20-23,32-33,42-43,45,53H,2,6,9,14-19,24,40-41H2,1H3,(H,44,50)(H,51,52)/b31-22-/t32-,33-/m0/s1. The number of anilines is 2. The van der Waals surface area contributed by atoms with E-state index in [4.69, 9.17) is 16.4 Å². The predicted octanol–water partition coefficient (Wildman–Crippen LogP) is 2.64. The molecule has 1 saturated heterocycles. The van der Waals surface area contributed by atoms with Gasteiger partial charge in [-0.05, 0) is 61.6 Å². The molecule has 3 aromatic carbocycles. The molecule has 15 nitrogen and oxygen atoms in total. The fourth-order valence-corrected chi connectivity index (χ4v) is 6.28. The van der Waals surface area contributed by atoms with Crippen LogP contribution in [0.15, 0.2) is 89.6 Å². The first-order chi connectivity index (χ1) is 26.1. The van der Waals surface area contributed by atoms with Gasteiger partial charge >= 0.3 is 5.97 Å². The van der Waals surface area contributed by atoms with E-state index in [1.54, 1.807) is 29.0 Å². The second kappa shape index (κ2) is 19.1. The summed E-state index contributed by atoms with van der Waals surface area (Å²) in [6.45, 7) is 4.98. The molecule has 0 aliphatic carbocycles. The van der Waals surface area contributed by atoms with Crippen LogP contribution in [-0.2, 0) is 29.2 Å². The number of pyridine rings is 1. The number of carbonyl (C=O) groups is 2. The van der Waals surface area contributed by atoms with Crippen molar-refractivity contribution in [3.8, 4) is 0 Å². The van der Waals surface area contributed by atoms with Crippen LogP contribution >= 0.6 is 0 Å². The highest BCUT2D eigenvalue weighted by Crippen LogP contribution is 2.27. The van der Waals surface area contributed by atoms with E-state index < -0.39 is 34.9 Å². The van der Waals surface area contributed by atoms with Crippen molar-refractivity contribution in [1.82, 2.24) is 25.9 Å². The lowest BCUT2D eigenvalue weighted by Crippen LogP contribution is -2.46. The van der Waals surface area contributed by atoms with Gasteiger partial charge in [-0.25, -0.2) is 9.18 Å². The number of aryl methyl sites for hydroxylation is 1. The van der Waals surface area contributed by atoms with Crippen LogP contribution in [0.1, 0.15) is 41.3 Å². The molecule has 1 fully saturated rings. The van der Waals surface area contributed by atoms with Crippen molar-refractivity contribution in [3.63, 3.8) is 0 Å². The van der Waals surface area contributed by atoms with E-state index in [9.17, 15) is 24.7 Å². The third-order valence-electron chi connectivity index (χ3n) is 9.36. The Kier molecular flexibility index (Phi) is 14.1. The summed E-state index contributed by atoms with van der Waals surface area (Å²) >= 11 is 0. The summed E-state index contributed by atoms with van der Waals surface area (Å²) in [5.74, 6) is 3.24. The number of nitrogens with one attached hydrogen (secondary N) is 4. The maximum Gasteiger partial charge on any atom is 0.341 e. The molecule has 288 valence electrons. The van der Waals surface area contributed by atoms with E-state index in [0.29, 0.717) is 81.1 Å². The van der Waals surface area contributed by atoms with E-state index in [2.05, 4.69) is 21.5 Å². The number of rotatable bonds is 18. The number of benzene rings is 3. The fourth-order valence-electron chi connectivity index (χ4n) is 6.28. The van der Waals surface area contributed by atoms with E-state index in [1.807, 2.05) is 59.4 Å². The quantitative estimate of drug-likeness (QED) is 0.0419. The number of aromatic carboxylic acids is 1. The Morgan fingerprint density at radius 3 is 2.39 bits per heavy atom. The molecule has 54 heavy (non-hydrogen) atoms. The summed E-state index contributed by atoms with van der Waals surface area (Å²) in [5, 5.41) is 27.0. The third-order valence-corrected chi connectivity index (χ3v) is 9.36. The first kappa shape index (κ1) is 39.8. The van der Waals surface area contributed by atoms with E-state index in [0.717, 1.165) is 17.2 Å². The molecule has 1 aliphatic rings. The number of carbonyl (C=O) groups excluding carboxylic acids is 1. The number of hydroxylamine groups is 3. The number of hydrazine groups is 1. The lowest BCUT2D eigenvalue weighted by Gasteiger charge is -2.35. The Morgan fingerprint density at radius 2 is 1.74 bits per heavy atom. The Morgan fingerprint density at radius 1 is 1.02 bits per heavy atom. The van der Waals surface area contributed by atoms with Crippen LogP contribution in [0.2, 0.25) is 0 Å². The van der Waals surface area contributed by atoms with Crippen molar-refractivity contribution in [2.45, 2.75) is 51.4 Å².